The van der Waals surface area contributed by atoms with Crippen LogP contribution in [0.15, 0.2) is 48.5 Å². The molecule has 31 heavy (non-hydrogen) atoms. The maximum atomic E-state index is 13.2. The van der Waals surface area contributed by atoms with E-state index in [2.05, 4.69) is 29.2 Å². The van der Waals surface area contributed by atoms with Crippen molar-refractivity contribution in [2.24, 2.45) is 0 Å². The van der Waals surface area contributed by atoms with Gasteiger partial charge in [-0.1, -0.05) is 18.2 Å². The number of methoxy groups -OCH3 is 1. The molecule has 7 heteroatoms. The van der Waals surface area contributed by atoms with Crippen molar-refractivity contribution in [2.75, 3.05) is 44.9 Å². The topological polar surface area (TPSA) is 54.9 Å². The molecule has 3 aromatic rings. The Morgan fingerprint density at radius 2 is 1.94 bits per heavy atom. The van der Waals surface area contributed by atoms with Gasteiger partial charge in [0.15, 0.2) is 0 Å². The Morgan fingerprint density at radius 3 is 2.74 bits per heavy atom. The highest BCUT2D eigenvalue weighted by Crippen LogP contribution is 2.32. The van der Waals surface area contributed by atoms with Gasteiger partial charge in [0.05, 0.1) is 37.1 Å². The van der Waals surface area contributed by atoms with Gasteiger partial charge in [0.25, 0.3) is 5.91 Å². The molecule has 6 nitrogen and oxygen atoms in total. The highest BCUT2D eigenvalue weighted by molar-refractivity contribution is 6.03. The Hall–Kier alpha value is -2.83. The second kappa shape index (κ2) is 9.12. The van der Waals surface area contributed by atoms with Gasteiger partial charge in [-0.2, -0.15) is 0 Å². The molecule has 0 aliphatic carbocycles. The summed E-state index contributed by atoms with van der Waals surface area (Å²) in [4.78, 5) is 22.2. The number of anilines is 1. The lowest BCUT2D eigenvalue weighted by Crippen LogP contribution is -2.37. The largest absolute Gasteiger partial charge is 0.497 e. The molecule has 1 aromatic heterocycles. The molecule has 0 spiro atoms. The number of nitrogens with zero attached hydrogens (tertiary/aromatic N) is 3. The van der Waals surface area contributed by atoms with Gasteiger partial charge < -0.3 is 19.3 Å². The van der Waals surface area contributed by atoms with Gasteiger partial charge in [-0.3, -0.25) is 9.78 Å². The quantitative estimate of drug-likeness (QED) is 0.606. The lowest BCUT2D eigenvalue weighted by molar-refractivity contribution is 0.0779. The van der Waals surface area contributed by atoms with Crippen molar-refractivity contribution in [2.45, 2.75) is 13.0 Å². The number of morpholine rings is 1. The number of rotatable bonds is 5. The molecule has 3 heterocycles. The number of amides is 1. The Balaban J connectivity index is 0.00000231. The van der Waals surface area contributed by atoms with Crippen LogP contribution in [0.1, 0.15) is 21.6 Å². The van der Waals surface area contributed by atoms with E-state index < -0.39 is 0 Å². The average Bonchev–Trinajstić information content (AvgIpc) is 3.13. The maximum Gasteiger partial charge on any atom is 0.256 e. The number of carbonyl (C=O) groups is 1. The van der Waals surface area contributed by atoms with Gasteiger partial charge in [0.2, 0.25) is 0 Å². The third-order valence-corrected chi connectivity index (χ3v) is 5.93. The van der Waals surface area contributed by atoms with Gasteiger partial charge >= 0.3 is 0 Å². The molecule has 162 valence electrons. The predicted octanol–water partition coefficient (Wildman–Crippen LogP) is 3.70. The van der Waals surface area contributed by atoms with Crippen molar-refractivity contribution >= 4 is 34.9 Å². The average molecular weight is 440 g/mol. The van der Waals surface area contributed by atoms with Gasteiger partial charge in [-0.05, 0) is 35.9 Å². The van der Waals surface area contributed by atoms with E-state index in [0.717, 1.165) is 58.7 Å². The van der Waals surface area contributed by atoms with Crippen LogP contribution in [0.25, 0.3) is 10.9 Å². The molecule has 1 fully saturated rings. The number of benzene rings is 2. The van der Waals surface area contributed by atoms with Crippen molar-refractivity contribution in [1.29, 1.82) is 0 Å². The predicted molar refractivity (Wildman–Crippen MR) is 123 cm³/mol. The van der Waals surface area contributed by atoms with Gasteiger partial charge in [-0.25, -0.2) is 0 Å². The number of hydrogen-bond donors (Lipinski definition) is 0. The zero-order chi connectivity index (χ0) is 20.5. The molecule has 5 rings (SSSR count). The smallest absolute Gasteiger partial charge is 0.256 e. The summed E-state index contributed by atoms with van der Waals surface area (Å²) in [5.74, 6) is 0.950. The molecule has 0 N–H and O–H groups in total. The third kappa shape index (κ3) is 4.18. The molecular weight excluding hydrogens is 414 g/mol. The van der Waals surface area contributed by atoms with E-state index in [9.17, 15) is 4.79 Å². The fourth-order valence-electron chi connectivity index (χ4n) is 4.31. The monoisotopic (exact) mass is 439 g/mol. The summed E-state index contributed by atoms with van der Waals surface area (Å²) in [6.07, 6.45) is 0.731. The lowest BCUT2D eigenvalue weighted by atomic mass is 10.1. The minimum absolute atomic E-state index is 0. The van der Waals surface area contributed by atoms with E-state index in [0.29, 0.717) is 26.3 Å². The van der Waals surface area contributed by atoms with Crippen LogP contribution in [0.5, 0.6) is 5.75 Å². The van der Waals surface area contributed by atoms with Gasteiger partial charge in [0.1, 0.15) is 5.75 Å². The van der Waals surface area contributed by atoms with Crippen molar-refractivity contribution in [1.82, 2.24) is 9.88 Å². The molecule has 1 saturated heterocycles. The number of ether oxygens (including phenoxy) is 2. The fraction of sp³-hybridized carbons (Fsp3) is 0.333. The summed E-state index contributed by atoms with van der Waals surface area (Å²) < 4.78 is 10.7. The zero-order valence-electron chi connectivity index (χ0n) is 17.5. The van der Waals surface area contributed by atoms with Crippen LogP contribution in [0.3, 0.4) is 0 Å². The molecule has 2 aliphatic rings. The second-order valence-electron chi connectivity index (χ2n) is 7.75. The summed E-state index contributed by atoms with van der Waals surface area (Å²) in [5.41, 5.74) is 4.95. The summed E-state index contributed by atoms with van der Waals surface area (Å²) in [5, 5.41) is 1.05. The lowest BCUT2D eigenvalue weighted by Gasteiger charge is -2.30. The second-order valence-corrected chi connectivity index (χ2v) is 7.75. The first-order chi connectivity index (χ1) is 14.7. The molecular formula is C24H26ClN3O3. The molecule has 1 amide bonds. The number of carbonyl (C=O) groups excluding carboxylic acids is 1. The van der Waals surface area contributed by atoms with Gasteiger partial charge in [0, 0.05) is 43.7 Å². The Bertz CT molecular complexity index is 1100. The molecule has 0 unspecified atom stereocenters. The van der Waals surface area contributed by atoms with Crippen LogP contribution in [0.2, 0.25) is 0 Å². The van der Waals surface area contributed by atoms with Crippen LogP contribution in [0, 0.1) is 0 Å². The van der Waals surface area contributed by atoms with E-state index in [-0.39, 0.29) is 18.3 Å². The number of aromatic nitrogens is 1. The normalized spacial score (nSPS) is 15.7. The number of pyridine rings is 1. The zero-order valence-corrected chi connectivity index (χ0v) is 18.4. The van der Waals surface area contributed by atoms with Crippen LogP contribution >= 0.6 is 12.4 Å². The SMILES string of the molecule is COc1ccc2nc(CCN3Cc4cccc(N5CCOCC5)c4C3=O)ccc2c1.Cl. The summed E-state index contributed by atoms with van der Waals surface area (Å²) >= 11 is 0. The number of fused-ring (bicyclic) bond motifs is 2. The Kier molecular flexibility index (Phi) is 6.30. The van der Waals surface area contributed by atoms with Crippen LogP contribution in [0.4, 0.5) is 5.69 Å². The van der Waals surface area contributed by atoms with E-state index in [1.54, 1.807) is 7.11 Å². The summed E-state index contributed by atoms with van der Waals surface area (Å²) in [6.45, 7) is 4.40. The van der Waals surface area contributed by atoms with Crippen molar-refractivity contribution in [3.8, 4) is 5.75 Å². The molecule has 0 saturated carbocycles. The highest BCUT2D eigenvalue weighted by Gasteiger charge is 2.31. The minimum atomic E-state index is 0. The van der Waals surface area contributed by atoms with Crippen molar-refractivity contribution in [3.63, 3.8) is 0 Å². The summed E-state index contributed by atoms with van der Waals surface area (Å²) in [7, 11) is 1.67. The molecule has 0 atom stereocenters. The van der Waals surface area contributed by atoms with Crippen LogP contribution < -0.4 is 9.64 Å². The van der Waals surface area contributed by atoms with E-state index in [4.69, 9.17) is 14.5 Å². The van der Waals surface area contributed by atoms with Crippen molar-refractivity contribution in [3.05, 3.63) is 65.4 Å². The van der Waals surface area contributed by atoms with E-state index in [1.165, 1.54) is 0 Å². The first-order valence-corrected chi connectivity index (χ1v) is 10.4. The molecule has 0 bridgehead atoms. The van der Waals surface area contributed by atoms with Crippen LogP contribution in [-0.2, 0) is 17.7 Å². The number of hydrogen-bond acceptors (Lipinski definition) is 5. The molecule has 2 aromatic carbocycles. The Labute approximate surface area is 188 Å². The van der Waals surface area contributed by atoms with Crippen molar-refractivity contribution < 1.29 is 14.3 Å². The minimum Gasteiger partial charge on any atom is -0.497 e. The van der Waals surface area contributed by atoms with E-state index in [1.807, 2.05) is 29.2 Å². The third-order valence-electron chi connectivity index (χ3n) is 5.93. The van der Waals surface area contributed by atoms with Crippen LogP contribution in [-0.4, -0.2) is 55.7 Å². The van der Waals surface area contributed by atoms with E-state index >= 15 is 0 Å². The molecule has 0 radical (unpaired) electrons. The number of halogens is 1. The van der Waals surface area contributed by atoms with Gasteiger partial charge in [-0.15, -0.1) is 12.4 Å². The maximum absolute atomic E-state index is 13.2. The highest BCUT2D eigenvalue weighted by atomic mass is 35.5. The Morgan fingerprint density at radius 1 is 1.10 bits per heavy atom. The first kappa shape index (κ1) is 21.4. The first-order valence-electron chi connectivity index (χ1n) is 10.4. The summed E-state index contributed by atoms with van der Waals surface area (Å²) in [6, 6.07) is 16.2. The standard InChI is InChI=1S/C24H25N3O3.ClH/c1-29-20-7-8-21-17(15-20)5-6-19(25-21)9-10-27-16-18-3-2-4-22(23(18)24(27)28)26-11-13-30-14-12-26;/h2-8,15H,9-14,16H2,1H3;1H. The molecule has 2 aliphatic heterocycles. The fourth-order valence-corrected chi connectivity index (χ4v) is 4.31.